The summed E-state index contributed by atoms with van der Waals surface area (Å²) in [7, 11) is 0. The minimum Gasteiger partial charge on any atom is -0.490 e. The van der Waals surface area contributed by atoms with Crippen LogP contribution in [-0.2, 0) is 4.74 Å². The van der Waals surface area contributed by atoms with Gasteiger partial charge >= 0.3 is 5.97 Å². The van der Waals surface area contributed by atoms with Crippen molar-refractivity contribution in [1.82, 2.24) is 0 Å². The summed E-state index contributed by atoms with van der Waals surface area (Å²) in [6.45, 7) is 4.28. The first-order chi connectivity index (χ1) is 10.1. The molecule has 4 nitrogen and oxygen atoms in total. The monoisotopic (exact) mass is 285 g/mol. The summed E-state index contributed by atoms with van der Waals surface area (Å²) in [5.41, 5.74) is 8.65. The normalized spacial score (nSPS) is 10.2. The lowest BCUT2D eigenvalue weighted by molar-refractivity contribution is 0.0451. The number of hydrogen-bond donors (Lipinski definition) is 1. The fourth-order valence-electron chi connectivity index (χ4n) is 2.04. The molecule has 0 unspecified atom stereocenters. The summed E-state index contributed by atoms with van der Waals surface area (Å²) in [5.74, 6) is 0.329. The van der Waals surface area contributed by atoms with Crippen LogP contribution in [0.2, 0.25) is 0 Å². The predicted octanol–water partition coefficient (Wildman–Crippen LogP) is 3.12. The second-order valence-corrected chi connectivity index (χ2v) is 4.84. The largest absolute Gasteiger partial charge is 0.490 e. The highest BCUT2D eigenvalue weighted by molar-refractivity contribution is 5.96. The van der Waals surface area contributed by atoms with Crippen molar-refractivity contribution >= 4 is 11.7 Å². The molecule has 0 spiro atoms. The molecule has 0 aliphatic rings. The van der Waals surface area contributed by atoms with Crippen molar-refractivity contribution in [3.8, 4) is 5.75 Å². The molecule has 2 aromatic carbocycles. The maximum absolute atomic E-state index is 12.0. The van der Waals surface area contributed by atoms with Crippen LogP contribution in [0.25, 0.3) is 0 Å². The molecule has 4 heteroatoms. The van der Waals surface area contributed by atoms with E-state index >= 15 is 0 Å². The van der Waals surface area contributed by atoms with Crippen LogP contribution in [0.3, 0.4) is 0 Å². The van der Waals surface area contributed by atoms with Crippen molar-refractivity contribution < 1.29 is 14.3 Å². The summed E-state index contributed by atoms with van der Waals surface area (Å²) >= 11 is 0. The Hall–Kier alpha value is -2.49. The van der Waals surface area contributed by atoms with Gasteiger partial charge in [-0.15, -0.1) is 0 Å². The molecule has 21 heavy (non-hydrogen) atoms. The quantitative estimate of drug-likeness (QED) is 0.521. The average molecular weight is 285 g/mol. The summed E-state index contributed by atoms with van der Waals surface area (Å²) in [6.07, 6.45) is 0. The Kier molecular flexibility index (Phi) is 4.82. The first-order valence-corrected chi connectivity index (χ1v) is 6.79. The summed E-state index contributed by atoms with van der Waals surface area (Å²) < 4.78 is 10.7. The smallest absolute Gasteiger partial charge is 0.340 e. The standard InChI is InChI=1S/C17H19NO3/c1-12-10-13(2)16(18)15(11-12)17(19)21-9-8-20-14-6-4-3-5-7-14/h3-7,10-11H,8-9,18H2,1-2H3. The van der Waals surface area contributed by atoms with Crippen LogP contribution in [0.1, 0.15) is 21.5 Å². The third kappa shape index (κ3) is 3.99. The number of carbonyl (C=O) groups is 1. The number of nitrogen functional groups attached to an aromatic ring is 1. The Bertz CT molecular complexity index is 623. The molecule has 0 fully saturated rings. The van der Waals surface area contributed by atoms with E-state index in [1.54, 1.807) is 6.07 Å². The van der Waals surface area contributed by atoms with Gasteiger partial charge in [0, 0.05) is 5.69 Å². The number of esters is 1. The third-order valence-electron chi connectivity index (χ3n) is 3.08. The fourth-order valence-corrected chi connectivity index (χ4v) is 2.04. The molecule has 2 aromatic rings. The first-order valence-electron chi connectivity index (χ1n) is 6.79. The molecule has 0 saturated heterocycles. The maximum Gasteiger partial charge on any atom is 0.340 e. The SMILES string of the molecule is Cc1cc(C)c(N)c(C(=O)OCCOc2ccccc2)c1. The Morgan fingerprint density at radius 1 is 1.10 bits per heavy atom. The highest BCUT2D eigenvalue weighted by atomic mass is 16.6. The molecule has 0 saturated carbocycles. The van der Waals surface area contributed by atoms with Crippen molar-refractivity contribution in [2.75, 3.05) is 18.9 Å². The molecule has 0 aromatic heterocycles. The Morgan fingerprint density at radius 2 is 1.81 bits per heavy atom. The van der Waals surface area contributed by atoms with E-state index in [1.165, 1.54) is 0 Å². The molecular weight excluding hydrogens is 266 g/mol. The number of para-hydroxylation sites is 1. The van der Waals surface area contributed by atoms with Crippen molar-refractivity contribution in [2.45, 2.75) is 13.8 Å². The van der Waals surface area contributed by atoms with Gasteiger partial charge in [-0.3, -0.25) is 0 Å². The molecule has 0 radical (unpaired) electrons. The number of carbonyl (C=O) groups excluding carboxylic acids is 1. The van der Waals surface area contributed by atoms with Crippen LogP contribution in [0.5, 0.6) is 5.75 Å². The summed E-state index contributed by atoms with van der Waals surface area (Å²) in [4.78, 5) is 12.0. The van der Waals surface area contributed by atoms with E-state index in [9.17, 15) is 4.79 Å². The van der Waals surface area contributed by atoms with E-state index < -0.39 is 5.97 Å². The van der Waals surface area contributed by atoms with Crippen LogP contribution in [0.15, 0.2) is 42.5 Å². The molecule has 0 bridgehead atoms. The van der Waals surface area contributed by atoms with Crippen LogP contribution >= 0.6 is 0 Å². The highest BCUT2D eigenvalue weighted by Gasteiger charge is 2.13. The molecule has 2 N–H and O–H groups in total. The Morgan fingerprint density at radius 3 is 2.52 bits per heavy atom. The van der Waals surface area contributed by atoms with E-state index in [4.69, 9.17) is 15.2 Å². The van der Waals surface area contributed by atoms with Gasteiger partial charge in [0.15, 0.2) is 0 Å². The molecule has 2 rings (SSSR count). The lowest BCUT2D eigenvalue weighted by Gasteiger charge is -2.11. The lowest BCUT2D eigenvalue weighted by atomic mass is 10.0. The van der Waals surface area contributed by atoms with Crippen molar-refractivity contribution in [3.63, 3.8) is 0 Å². The van der Waals surface area contributed by atoms with E-state index in [0.717, 1.165) is 16.9 Å². The molecule has 0 heterocycles. The van der Waals surface area contributed by atoms with E-state index in [1.807, 2.05) is 50.2 Å². The lowest BCUT2D eigenvalue weighted by Crippen LogP contribution is -2.14. The van der Waals surface area contributed by atoms with Crippen molar-refractivity contribution in [1.29, 1.82) is 0 Å². The van der Waals surface area contributed by atoms with E-state index in [-0.39, 0.29) is 6.61 Å². The van der Waals surface area contributed by atoms with Gasteiger partial charge in [0.1, 0.15) is 19.0 Å². The zero-order valence-electron chi connectivity index (χ0n) is 12.3. The van der Waals surface area contributed by atoms with Gasteiger partial charge in [0.25, 0.3) is 0 Å². The predicted molar refractivity (Wildman–Crippen MR) is 82.5 cm³/mol. The van der Waals surface area contributed by atoms with Gasteiger partial charge in [0.2, 0.25) is 0 Å². The summed E-state index contributed by atoms with van der Waals surface area (Å²) in [5, 5.41) is 0. The topological polar surface area (TPSA) is 61.6 Å². The molecule has 0 atom stereocenters. The number of nitrogens with two attached hydrogens (primary N) is 1. The maximum atomic E-state index is 12.0. The molecular formula is C17H19NO3. The van der Waals surface area contributed by atoms with Crippen LogP contribution in [0.4, 0.5) is 5.69 Å². The van der Waals surface area contributed by atoms with E-state index in [0.29, 0.717) is 17.9 Å². The van der Waals surface area contributed by atoms with Gasteiger partial charge in [-0.2, -0.15) is 0 Å². The van der Waals surface area contributed by atoms with Gasteiger partial charge in [-0.1, -0.05) is 24.3 Å². The third-order valence-corrected chi connectivity index (χ3v) is 3.08. The number of rotatable bonds is 5. The minimum absolute atomic E-state index is 0.181. The Labute approximate surface area is 124 Å². The van der Waals surface area contributed by atoms with Gasteiger partial charge in [-0.25, -0.2) is 4.79 Å². The fraction of sp³-hybridized carbons (Fsp3) is 0.235. The molecule has 0 aliphatic carbocycles. The first kappa shape index (κ1) is 14.9. The summed E-state index contributed by atoms with van der Waals surface area (Å²) in [6, 6.07) is 13.1. The number of benzene rings is 2. The zero-order valence-corrected chi connectivity index (χ0v) is 12.3. The minimum atomic E-state index is -0.420. The number of hydrogen-bond acceptors (Lipinski definition) is 4. The molecule has 0 aliphatic heterocycles. The van der Waals surface area contributed by atoms with Gasteiger partial charge in [-0.05, 0) is 43.2 Å². The van der Waals surface area contributed by atoms with E-state index in [2.05, 4.69) is 0 Å². The second-order valence-electron chi connectivity index (χ2n) is 4.84. The highest BCUT2D eigenvalue weighted by Crippen LogP contribution is 2.20. The zero-order chi connectivity index (χ0) is 15.2. The molecule has 110 valence electrons. The molecule has 0 amide bonds. The van der Waals surface area contributed by atoms with Gasteiger partial charge in [0.05, 0.1) is 5.56 Å². The van der Waals surface area contributed by atoms with Crippen LogP contribution in [0, 0.1) is 13.8 Å². The van der Waals surface area contributed by atoms with Gasteiger partial charge < -0.3 is 15.2 Å². The number of anilines is 1. The number of ether oxygens (including phenoxy) is 2. The van der Waals surface area contributed by atoms with Crippen molar-refractivity contribution in [3.05, 3.63) is 59.2 Å². The van der Waals surface area contributed by atoms with Crippen LogP contribution < -0.4 is 10.5 Å². The Balaban J connectivity index is 1.88. The second kappa shape index (κ2) is 6.79. The average Bonchev–Trinajstić information content (AvgIpc) is 2.48. The van der Waals surface area contributed by atoms with Crippen molar-refractivity contribution in [2.24, 2.45) is 0 Å². The number of aryl methyl sites for hydroxylation is 2. The van der Waals surface area contributed by atoms with Crippen LogP contribution in [-0.4, -0.2) is 19.2 Å².